The highest BCUT2D eigenvalue weighted by Crippen LogP contribution is 2.50. The first-order chi connectivity index (χ1) is 12.2. The zero-order chi connectivity index (χ0) is 19.7. The van der Waals surface area contributed by atoms with Gasteiger partial charge in [0.2, 0.25) is 0 Å². The van der Waals surface area contributed by atoms with E-state index >= 15 is 0 Å². The minimum atomic E-state index is -4.46. The van der Waals surface area contributed by atoms with Gasteiger partial charge >= 0.3 is 13.6 Å². The van der Waals surface area contributed by atoms with E-state index in [4.69, 9.17) is 10.3 Å². The molecule has 0 fully saturated rings. The highest BCUT2D eigenvalue weighted by atomic mass is 31.2. The third-order valence-electron chi connectivity index (χ3n) is 3.63. The molecule has 1 rings (SSSR count). The van der Waals surface area contributed by atoms with E-state index in [2.05, 4.69) is 10.3 Å². The molecule has 10 heteroatoms. The summed E-state index contributed by atoms with van der Waals surface area (Å²) in [5, 5.41) is 11.7. The summed E-state index contributed by atoms with van der Waals surface area (Å²) < 4.78 is 17.7. The summed E-state index contributed by atoms with van der Waals surface area (Å²) in [5.74, 6) is -3.72. The smallest absolute Gasteiger partial charge is 0.351 e. The number of nitrogens with two attached hydrogens (primary N) is 1. The number of aromatic nitrogens is 1. The molecule has 5 N–H and O–H groups in total. The van der Waals surface area contributed by atoms with Gasteiger partial charge in [-0.15, -0.1) is 0 Å². The fourth-order valence-corrected chi connectivity index (χ4v) is 4.00. The number of rotatable bonds is 11. The number of unbranched alkanes of at least 4 members (excludes halogenated alkanes) is 1. The number of pyridine rings is 1. The van der Waals surface area contributed by atoms with Crippen LogP contribution in [0.15, 0.2) is 24.4 Å². The number of carboxylic acids is 1. The van der Waals surface area contributed by atoms with Crippen molar-refractivity contribution in [2.45, 2.75) is 45.0 Å². The van der Waals surface area contributed by atoms with Gasteiger partial charge in [0.25, 0.3) is 5.91 Å². The number of carboxylic acid groups (broad SMARTS) is 1. The summed E-state index contributed by atoms with van der Waals surface area (Å²) in [6.45, 7) is 3.64. The Balaban J connectivity index is 2.89. The van der Waals surface area contributed by atoms with Crippen LogP contribution in [0.1, 0.15) is 43.6 Å². The maximum Gasteiger partial charge on any atom is 0.351 e. The Morgan fingerprint density at radius 2 is 2.04 bits per heavy atom. The maximum absolute atomic E-state index is 12.7. The van der Waals surface area contributed by atoms with Gasteiger partial charge in [-0.1, -0.05) is 19.9 Å². The van der Waals surface area contributed by atoms with Crippen molar-refractivity contribution in [2.75, 3.05) is 6.54 Å². The van der Waals surface area contributed by atoms with Gasteiger partial charge in [-0.3, -0.25) is 18.9 Å². The predicted molar refractivity (Wildman–Crippen MR) is 95.6 cm³/mol. The second-order valence-electron chi connectivity index (χ2n) is 6.16. The van der Waals surface area contributed by atoms with Crippen LogP contribution in [0.25, 0.3) is 0 Å². The summed E-state index contributed by atoms with van der Waals surface area (Å²) in [6.07, 6.45) is 1.04. The molecule has 0 saturated heterocycles. The van der Waals surface area contributed by atoms with Crippen LogP contribution in [0.2, 0.25) is 0 Å². The molecular formula is C16H26N3O6P. The molecule has 0 aromatic carbocycles. The second kappa shape index (κ2) is 10.4. The number of nitrogens with one attached hydrogen (secondary N) is 1. The number of carbonyl (C=O) groups excluding carboxylic acids is 1. The van der Waals surface area contributed by atoms with E-state index in [0.717, 1.165) is 0 Å². The zero-order valence-electron chi connectivity index (χ0n) is 14.9. The molecule has 3 atom stereocenters. The van der Waals surface area contributed by atoms with Crippen molar-refractivity contribution in [3.8, 4) is 0 Å². The molecule has 0 radical (unpaired) electrons. The fourth-order valence-electron chi connectivity index (χ4n) is 2.27. The number of aliphatic carboxylic acids is 1. The van der Waals surface area contributed by atoms with Crippen LogP contribution in [0.4, 0.5) is 0 Å². The van der Waals surface area contributed by atoms with Gasteiger partial charge in [0.05, 0.1) is 0 Å². The molecular weight excluding hydrogens is 361 g/mol. The van der Waals surface area contributed by atoms with Crippen LogP contribution in [0.5, 0.6) is 0 Å². The van der Waals surface area contributed by atoms with Gasteiger partial charge in [-0.05, 0) is 43.9 Å². The Kier molecular flexibility index (Phi) is 8.87. The summed E-state index contributed by atoms with van der Waals surface area (Å²) in [7, 11) is -4.46. The number of hydrogen-bond acceptors (Lipinski definition) is 6. The van der Waals surface area contributed by atoms with Gasteiger partial charge in [-0.2, -0.15) is 0 Å². The van der Waals surface area contributed by atoms with E-state index in [1.54, 1.807) is 26.0 Å². The van der Waals surface area contributed by atoms with Crippen molar-refractivity contribution < 1.29 is 28.7 Å². The lowest BCUT2D eigenvalue weighted by molar-refractivity contribution is -0.145. The first-order valence-electron chi connectivity index (χ1n) is 8.34. The average molecular weight is 387 g/mol. The second-order valence-corrected chi connectivity index (χ2v) is 8.05. The molecule has 0 aliphatic rings. The van der Waals surface area contributed by atoms with Crippen molar-refractivity contribution in [1.82, 2.24) is 10.3 Å². The van der Waals surface area contributed by atoms with Crippen molar-refractivity contribution in [3.05, 3.63) is 30.1 Å². The molecule has 146 valence electrons. The lowest BCUT2D eigenvalue weighted by atomic mass is 10.1. The van der Waals surface area contributed by atoms with Crippen LogP contribution in [-0.2, 0) is 13.9 Å². The lowest BCUT2D eigenvalue weighted by Gasteiger charge is -2.28. The molecule has 1 aromatic rings. The molecule has 1 heterocycles. The molecule has 0 saturated carbocycles. The van der Waals surface area contributed by atoms with Gasteiger partial charge < -0.3 is 21.1 Å². The van der Waals surface area contributed by atoms with E-state index < -0.39 is 37.3 Å². The van der Waals surface area contributed by atoms with Gasteiger partial charge in [-0.25, -0.2) is 4.79 Å². The Bertz CT molecular complexity index is 640. The van der Waals surface area contributed by atoms with Gasteiger partial charge in [0.15, 0.2) is 6.10 Å². The molecule has 26 heavy (non-hydrogen) atoms. The monoisotopic (exact) mass is 387 g/mol. The number of nitrogens with zero attached hydrogens (tertiary/aromatic N) is 1. The minimum Gasteiger partial charge on any atom is -0.479 e. The van der Waals surface area contributed by atoms with Crippen molar-refractivity contribution in [3.63, 3.8) is 0 Å². The average Bonchev–Trinajstić information content (AvgIpc) is 2.58. The molecule has 1 aromatic heterocycles. The Morgan fingerprint density at radius 1 is 1.35 bits per heavy atom. The highest BCUT2D eigenvalue weighted by molar-refractivity contribution is 7.53. The van der Waals surface area contributed by atoms with E-state index in [9.17, 15) is 24.2 Å². The largest absolute Gasteiger partial charge is 0.479 e. The van der Waals surface area contributed by atoms with Crippen LogP contribution < -0.4 is 11.1 Å². The quantitative estimate of drug-likeness (QED) is 0.330. The molecule has 1 amide bonds. The fraction of sp³-hybridized carbons (Fsp3) is 0.562. The van der Waals surface area contributed by atoms with Crippen LogP contribution in [-0.4, -0.2) is 45.3 Å². The van der Waals surface area contributed by atoms with Crippen LogP contribution in [0, 0.1) is 5.92 Å². The Hall–Kier alpha value is -1.80. The first kappa shape index (κ1) is 22.2. The molecule has 2 unspecified atom stereocenters. The topological polar surface area (TPSA) is 152 Å². The summed E-state index contributed by atoms with van der Waals surface area (Å²) >= 11 is 0. The van der Waals surface area contributed by atoms with E-state index in [0.29, 0.717) is 19.4 Å². The SMILES string of the molecule is CC(C)C(NC(=O)c1ccccn1)P(=O)(O)O[C@@H](CCCCN)C(=O)O. The lowest BCUT2D eigenvalue weighted by Crippen LogP contribution is -2.40. The standard InChI is InChI=1S/C16H26N3O6P/c1-11(2)15(19-14(20)12-7-4-6-10-18-12)26(23,24)25-13(16(21)22)8-3-5-9-17/h4,6-7,10-11,13,15H,3,5,8-9,17H2,1-2H3,(H,19,20)(H,21,22)(H,23,24)/t13-,15?/m0/s1. The van der Waals surface area contributed by atoms with Crippen molar-refractivity contribution >= 4 is 19.5 Å². The maximum atomic E-state index is 12.7. The van der Waals surface area contributed by atoms with Crippen molar-refractivity contribution in [1.29, 1.82) is 0 Å². The molecule has 0 spiro atoms. The molecule has 0 bridgehead atoms. The highest BCUT2D eigenvalue weighted by Gasteiger charge is 2.40. The number of carbonyl (C=O) groups is 2. The third kappa shape index (κ3) is 6.84. The van der Waals surface area contributed by atoms with Gasteiger partial charge in [0, 0.05) is 6.20 Å². The van der Waals surface area contributed by atoms with Crippen LogP contribution >= 0.6 is 7.60 Å². The minimum absolute atomic E-state index is 0.0517. The summed E-state index contributed by atoms with van der Waals surface area (Å²) in [6, 6.07) is 4.71. The molecule has 0 aliphatic carbocycles. The first-order valence-corrected chi connectivity index (χ1v) is 9.99. The van der Waals surface area contributed by atoms with E-state index in [1.165, 1.54) is 12.3 Å². The Morgan fingerprint density at radius 3 is 2.54 bits per heavy atom. The van der Waals surface area contributed by atoms with E-state index in [1.807, 2.05) is 0 Å². The number of amides is 1. The third-order valence-corrected chi connectivity index (χ3v) is 5.62. The van der Waals surface area contributed by atoms with Crippen LogP contribution in [0.3, 0.4) is 0 Å². The Labute approximate surface area is 152 Å². The zero-order valence-corrected chi connectivity index (χ0v) is 15.8. The summed E-state index contributed by atoms with van der Waals surface area (Å²) in [5.41, 5.74) is 5.45. The molecule has 0 aliphatic heterocycles. The summed E-state index contributed by atoms with van der Waals surface area (Å²) in [4.78, 5) is 37.8. The predicted octanol–water partition coefficient (Wildman–Crippen LogP) is 1.58. The van der Waals surface area contributed by atoms with E-state index in [-0.39, 0.29) is 12.1 Å². The van der Waals surface area contributed by atoms with Crippen molar-refractivity contribution in [2.24, 2.45) is 11.7 Å². The number of hydrogen-bond donors (Lipinski definition) is 4. The molecule has 9 nitrogen and oxygen atoms in total. The van der Waals surface area contributed by atoms with Gasteiger partial charge in [0.1, 0.15) is 11.5 Å². The normalized spacial score (nSPS) is 15.9.